The highest BCUT2D eigenvalue weighted by Gasteiger charge is 2.11. The van der Waals surface area contributed by atoms with E-state index in [4.69, 9.17) is 4.74 Å². The molecule has 2 amide bonds. The lowest BCUT2D eigenvalue weighted by Gasteiger charge is -2.13. The minimum atomic E-state index is -0.251. The van der Waals surface area contributed by atoms with Crippen LogP contribution in [0, 0.1) is 0 Å². The summed E-state index contributed by atoms with van der Waals surface area (Å²) in [7, 11) is 0. The summed E-state index contributed by atoms with van der Waals surface area (Å²) < 4.78 is 5.75. The van der Waals surface area contributed by atoms with Gasteiger partial charge in [0.1, 0.15) is 5.69 Å². The Morgan fingerprint density at radius 3 is 2.75 bits per heavy atom. The molecule has 2 aromatic rings. The lowest BCUT2D eigenvalue weighted by Crippen LogP contribution is -2.25. The molecule has 0 aliphatic rings. The van der Waals surface area contributed by atoms with E-state index in [-0.39, 0.29) is 17.9 Å². The maximum Gasteiger partial charge on any atom is 0.270 e. The zero-order chi connectivity index (χ0) is 17.4. The number of aromatic nitrogens is 1. The largest absolute Gasteiger partial charge is 0.374 e. The van der Waals surface area contributed by atoms with Crippen molar-refractivity contribution in [2.24, 2.45) is 0 Å². The smallest absolute Gasteiger partial charge is 0.270 e. The van der Waals surface area contributed by atoms with Crippen molar-refractivity contribution >= 4 is 28.3 Å². The molecule has 1 aromatic carbocycles. The van der Waals surface area contributed by atoms with Crippen molar-refractivity contribution in [1.82, 2.24) is 10.3 Å². The summed E-state index contributed by atoms with van der Waals surface area (Å²) in [5.74, 6) is -0.458. The van der Waals surface area contributed by atoms with E-state index < -0.39 is 0 Å². The van der Waals surface area contributed by atoms with Crippen molar-refractivity contribution in [3.63, 3.8) is 0 Å². The summed E-state index contributed by atoms with van der Waals surface area (Å²) in [5.41, 5.74) is 1.44. The number of thiazole rings is 1. The van der Waals surface area contributed by atoms with Gasteiger partial charge in [-0.1, -0.05) is 30.3 Å². The van der Waals surface area contributed by atoms with Crippen LogP contribution in [0.1, 0.15) is 42.4 Å². The Labute approximate surface area is 145 Å². The van der Waals surface area contributed by atoms with E-state index in [1.165, 1.54) is 18.3 Å². The van der Waals surface area contributed by atoms with Crippen LogP contribution in [0.4, 0.5) is 5.13 Å². The number of nitrogens with zero attached hydrogens (tertiary/aromatic N) is 1. The van der Waals surface area contributed by atoms with Gasteiger partial charge in [0.2, 0.25) is 5.91 Å². The van der Waals surface area contributed by atoms with Crippen LogP contribution < -0.4 is 10.6 Å². The molecule has 0 aliphatic heterocycles. The number of carbonyl (C=O) groups is 2. The van der Waals surface area contributed by atoms with Gasteiger partial charge in [0.05, 0.1) is 6.10 Å². The molecule has 0 saturated carbocycles. The normalized spacial score (nSPS) is 11.8. The summed E-state index contributed by atoms with van der Waals surface area (Å²) in [4.78, 5) is 26.9. The highest BCUT2D eigenvalue weighted by Crippen LogP contribution is 2.16. The molecule has 0 aliphatic carbocycles. The van der Waals surface area contributed by atoms with E-state index >= 15 is 0 Å². The van der Waals surface area contributed by atoms with Gasteiger partial charge in [0.25, 0.3) is 5.91 Å². The SMILES string of the molecule is CC(=O)Nc1nc(C(=O)NCCCO[C@@H](C)c2ccccc2)cs1. The van der Waals surface area contributed by atoms with Gasteiger partial charge in [-0.3, -0.25) is 9.59 Å². The number of rotatable bonds is 8. The molecular formula is C17H21N3O3S. The summed E-state index contributed by atoms with van der Waals surface area (Å²) in [6, 6.07) is 10.0. The molecule has 0 radical (unpaired) electrons. The van der Waals surface area contributed by atoms with E-state index in [1.807, 2.05) is 37.3 Å². The molecule has 1 heterocycles. The van der Waals surface area contributed by atoms with Gasteiger partial charge >= 0.3 is 0 Å². The zero-order valence-corrected chi connectivity index (χ0v) is 14.6. The van der Waals surface area contributed by atoms with Crippen molar-refractivity contribution < 1.29 is 14.3 Å². The van der Waals surface area contributed by atoms with E-state index in [0.29, 0.717) is 30.4 Å². The second-order valence-corrected chi connectivity index (χ2v) is 6.11. The Hall–Kier alpha value is -2.25. The van der Waals surface area contributed by atoms with Crippen LogP contribution in [0.3, 0.4) is 0 Å². The third kappa shape index (κ3) is 5.75. The first-order chi connectivity index (χ1) is 11.6. The maximum atomic E-state index is 11.9. The molecule has 7 heteroatoms. The topological polar surface area (TPSA) is 80.3 Å². The maximum absolute atomic E-state index is 11.9. The summed E-state index contributed by atoms with van der Waals surface area (Å²) >= 11 is 1.22. The van der Waals surface area contributed by atoms with Gasteiger partial charge in [-0.25, -0.2) is 4.98 Å². The third-order valence-electron chi connectivity index (χ3n) is 3.26. The Bertz CT molecular complexity index is 673. The van der Waals surface area contributed by atoms with Gasteiger partial charge in [0.15, 0.2) is 5.13 Å². The molecule has 1 atom stereocenters. The van der Waals surface area contributed by atoms with Crippen LogP contribution in [0.5, 0.6) is 0 Å². The predicted octanol–water partition coefficient (Wildman–Crippen LogP) is 3.00. The van der Waals surface area contributed by atoms with Gasteiger partial charge < -0.3 is 15.4 Å². The van der Waals surface area contributed by atoms with Crippen LogP contribution in [-0.2, 0) is 9.53 Å². The van der Waals surface area contributed by atoms with E-state index in [1.54, 1.807) is 5.38 Å². The second-order valence-electron chi connectivity index (χ2n) is 5.25. The molecular weight excluding hydrogens is 326 g/mol. The van der Waals surface area contributed by atoms with Crippen molar-refractivity contribution in [3.05, 3.63) is 47.0 Å². The highest BCUT2D eigenvalue weighted by molar-refractivity contribution is 7.14. The Balaban J connectivity index is 1.66. The standard InChI is InChI=1S/C17H21N3O3S/c1-12(14-7-4-3-5-8-14)23-10-6-9-18-16(22)15-11-24-17(20-15)19-13(2)21/h3-5,7-8,11-12H,6,9-10H2,1-2H3,(H,18,22)(H,19,20,21)/t12-/m0/s1. The van der Waals surface area contributed by atoms with E-state index in [9.17, 15) is 9.59 Å². The first kappa shape index (κ1) is 18.1. The Morgan fingerprint density at radius 2 is 2.04 bits per heavy atom. The molecule has 2 rings (SSSR count). The lowest BCUT2D eigenvalue weighted by atomic mass is 10.1. The van der Waals surface area contributed by atoms with Crippen LogP contribution in [0.25, 0.3) is 0 Å². The first-order valence-electron chi connectivity index (χ1n) is 7.74. The first-order valence-corrected chi connectivity index (χ1v) is 8.62. The molecule has 128 valence electrons. The summed E-state index contributed by atoms with van der Waals surface area (Å²) in [6.07, 6.45) is 0.742. The minimum Gasteiger partial charge on any atom is -0.374 e. The number of ether oxygens (including phenoxy) is 1. The van der Waals surface area contributed by atoms with Crippen LogP contribution in [0.15, 0.2) is 35.7 Å². The van der Waals surface area contributed by atoms with Gasteiger partial charge in [0, 0.05) is 25.5 Å². The second kappa shape index (κ2) is 9.14. The van der Waals surface area contributed by atoms with E-state index in [0.717, 1.165) is 5.56 Å². The fraction of sp³-hybridized carbons (Fsp3) is 0.353. The average molecular weight is 347 g/mol. The summed E-state index contributed by atoms with van der Waals surface area (Å²) in [6.45, 7) is 4.47. The van der Waals surface area contributed by atoms with Crippen molar-refractivity contribution in [1.29, 1.82) is 0 Å². The van der Waals surface area contributed by atoms with Crippen molar-refractivity contribution in [3.8, 4) is 0 Å². The lowest BCUT2D eigenvalue weighted by molar-refractivity contribution is -0.114. The number of hydrogen-bond acceptors (Lipinski definition) is 5. The molecule has 0 saturated heterocycles. The fourth-order valence-electron chi connectivity index (χ4n) is 2.03. The van der Waals surface area contributed by atoms with Gasteiger partial charge in [-0.05, 0) is 18.9 Å². The molecule has 1 aromatic heterocycles. The van der Waals surface area contributed by atoms with Gasteiger partial charge in [-0.15, -0.1) is 11.3 Å². The molecule has 0 unspecified atom stereocenters. The number of benzene rings is 1. The monoisotopic (exact) mass is 347 g/mol. The molecule has 2 N–H and O–H groups in total. The van der Waals surface area contributed by atoms with Crippen molar-refractivity contribution in [2.45, 2.75) is 26.4 Å². The fourth-order valence-corrected chi connectivity index (χ4v) is 2.77. The number of carbonyl (C=O) groups excluding carboxylic acids is 2. The number of hydrogen-bond donors (Lipinski definition) is 2. The quantitative estimate of drug-likeness (QED) is 0.720. The average Bonchev–Trinajstić information content (AvgIpc) is 3.02. The van der Waals surface area contributed by atoms with Crippen molar-refractivity contribution in [2.75, 3.05) is 18.5 Å². The summed E-state index contributed by atoms with van der Waals surface area (Å²) in [5, 5.41) is 7.39. The zero-order valence-electron chi connectivity index (χ0n) is 13.7. The van der Waals surface area contributed by atoms with Crippen LogP contribution >= 0.6 is 11.3 Å². The molecule has 24 heavy (non-hydrogen) atoms. The van der Waals surface area contributed by atoms with Crippen LogP contribution in [0.2, 0.25) is 0 Å². The number of amides is 2. The van der Waals surface area contributed by atoms with Gasteiger partial charge in [-0.2, -0.15) is 0 Å². The predicted molar refractivity (Wildman–Crippen MR) is 94.2 cm³/mol. The van der Waals surface area contributed by atoms with Crippen LogP contribution in [-0.4, -0.2) is 29.9 Å². The molecule has 6 nitrogen and oxygen atoms in total. The van der Waals surface area contributed by atoms with E-state index in [2.05, 4.69) is 15.6 Å². The number of nitrogens with one attached hydrogen (secondary N) is 2. The number of anilines is 1. The molecule has 0 spiro atoms. The third-order valence-corrected chi connectivity index (χ3v) is 4.02. The Kier molecular flexibility index (Phi) is 6.89. The highest BCUT2D eigenvalue weighted by atomic mass is 32.1. The Morgan fingerprint density at radius 1 is 1.29 bits per heavy atom. The molecule has 0 bridgehead atoms. The molecule has 0 fully saturated rings. The minimum absolute atomic E-state index is 0.0284.